The van der Waals surface area contributed by atoms with E-state index in [1.165, 1.54) is 12.8 Å². The van der Waals surface area contributed by atoms with Crippen molar-refractivity contribution >= 4 is 17.5 Å². The quantitative estimate of drug-likeness (QED) is 0.901. The van der Waals surface area contributed by atoms with Crippen LogP contribution in [0, 0.1) is 5.92 Å². The molecule has 0 aromatic heterocycles. The zero-order valence-electron chi connectivity index (χ0n) is 11.0. The van der Waals surface area contributed by atoms with E-state index >= 15 is 0 Å². The van der Waals surface area contributed by atoms with Crippen molar-refractivity contribution in [2.75, 3.05) is 26.2 Å². The van der Waals surface area contributed by atoms with Crippen LogP contribution in [0.2, 0.25) is 5.02 Å². The number of nitrogens with one attached hydrogen (secondary N) is 1. The first-order chi connectivity index (χ1) is 9.24. The molecule has 1 aromatic rings. The lowest BCUT2D eigenvalue weighted by Crippen LogP contribution is -2.42. The van der Waals surface area contributed by atoms with Gasteiger partial charge in [-0.15, -0.1) is 0 Å². The summed E-state index contributed by atoms with van der Waals surface area (Å²) in [4.78, 5) is 14.5. The standard InChI is InChI=1S/C15H19ClN2O/c16-13-1-2-14-12(9-13)5-8-18(15(14)19)10-11-3-6-17-7-4-11/h1-2,9,11,17H,3-8,10H2. The minimum atomic E-state index is 0.177. The second-order valence-electron chi connectivity index (χ2n) is 5.50. The normalized spacial score (nSPS) is 20.5. The Labute approximate surface area is 118 Å². The number of rotatable bonds is 2. The highest BCUT2D eigenvalue weighted by molar-refractivity contribution is 6.30. The molecule has 1 N–H and O–H groups in total. The molecule has 1 saturated heterocycles. The molecule has 0 aliphatic carbocycles. The van der Waals surface area contributed by atoms with Crippen LogP contribution in [0.4, 0.5) is 0 Å². The van der Waals surface area contributed by atoms with Crippen molar-refractivity contribution in [1.82, 2.24) is 10.2 Å². The Balaban J connectivity index is 1.72. The predicted octanol–water partition coefficient (Wildman–Crippen LogP) is 2.34. The van der Waals surface area contributed by atoms with Crippen molar-refractivity contribution in [3.63, 3.8) is 0 Å². The van der Waals surface area contributed by atoms with Crippen LogP contribution in [0.3, 0.4) is 0 Å². The number of hydrogen-bond donors (Lipinski definition) is 1. The molecule has 102 valence electrons. The Morgan fingerprint density at radius 1 is 1.32 bits per heavy atom. The lowest BCUT2D eigenvalue weighted by molar-refractivity contribution is 0.0699. The van der Waals surface area contributed by atoms with Gasteiger partial charge < -0.3 is 10.2 Å². The summed E-state index contributed by atoms with van der Waals surface area (Å²) in [6.45, 7) is 3.90. The number of carbonyl (C=O) groups excluding carboxylic acids is 1. The molecule has 1 amide bonds. The molecule has 0 radical (unpaired) electrons. The van der Waals surface area contributed by atoms with Crippen LogP contribution in [0.15, 0.2) is 18.2 Å². The van der Waals surface area contributed by atoms with Crippen LogP contribution in [0.5, 0.6) is 0 Å². The van der Waals surface area contributed by atoms with Gasteiger partial charge in [0.15, 0.2) is 0 Å². The molecule has 0 saturated carbocycles. The molecule has 3 rings (SSSR count). The van der Waals surface area contributed by atoms with Crippen LogP contribution in [0.25, 0.3) is 0 Å². The van der Waals surface area contributed by atoms with E-state index in [-0.39, 0.29) is 5.91 Å². The Kier molecular flexibility index (Phi) is 3.76. The lowest BCUT2D eigenvalue weighted by atomic mass is 9.94. The van der Waals surface area contributed by atoms with Gasteiger partial charge in [0, 0.05) is 23.7 Å². The van der Waals surface area contributed by atoms with Gasteiger partial charge in [0.1, 0.15) is 0 Å². The first-order valence-electron chi connectivity index (χ1n) is 7.02. The summed E-state index contributed by atoms with van der Waals surface area (Å²) in [6.07, 6.45) is 3.28. The zero-order chi connectivity index (χ0) is 13.2. The maximum absolute atomic E-state index is 12.5. The fourth-order valence-corrected chi connectivity index (χ4v) is 3.25. The number of amides is 1. The smallest absolute Gasteiger partial charge is 0.254 e. The minimum absolute atomic E-state index is 0.177. The zero-order valence-corrected chi connectivity index (χ0v) is 11.7. The summed E-state index contributed by atoms with van der Waals surface area (Å²) >= 11 is 5.98. The van der Waals surface area contributed by atoms with Gasteiger partial charge in [-0.25, -0.2) is 0 Å². The fourth-order valence-electron chi connectivity index (χ4n) is 3.06. The van der Waals surface area contributed by atoms with E-state index in [0.717, 1.165) is 48.7 Å². The summed E-state index contributed by atoms with van der Waals surface area (Å²) in [5.74, 6) is 0.829. The SMILES string of the molecule is O=C1c2ccc(Cl)cc2CCN1CC1CCNCC1. The van der Waals surface area contributed by atoms with Crippen molar-refractivity contribution in [2.24, 2.45) is 5.92 Å². The Hall–Kier alpha value is -1.06. The van der Waals surface area contributed by atoms with Crippen LogP contribution in [-0.4, -0.2) is 37.0 Å². The number of fused-ring (bicyclic) bond motifs is 1. The number of benzene rings is 1. The molecule has 4 heteroatoms. The second-order valence-corrected chi connectivity index (χ2v) is 5.93. The fraction of sp³-hybridized carbons (Fsp3) is 0.533. The molecular weight excluding hydrogens is 260 g/mol. The van der Waals surface area contributed by atoms with Crippen molar-refractivity contribution in [1.29, 1.82) is 0 Å². The molecule has 1 aromatic carbocycles. The molecule has 1 fully saturated rings. The van der Waals surface area contributed by atoms with Gasteiger partial charge in [0.25, 0.3) is 5.91 Å². The average Bonchev–Trinajstić information content (AvgIpc) is 2.43. The highest BCUT2D eigenvalue weighted by Crippen LogP contribution is 2.24. The summed E-state index contributed by atoms with van der Waals surface area (Å²) < 4.78 is 0. The Morgan fingerprint density at radius 3 is 2.89 bits per heavy atom. The average molecular weight is 279 g/mol. The van der Waals surface area contributed by atoms with Crippen molar-refractivity contribution in [3.05, 3.63) is 34.3 Å². The van der Waals surface area contributed by atoms with Gasteiger partial charge in [-0.3, -0.25) is 4.79 Å². The lowest BCUT2D eigenvalue weighted by Gasteiger charge is -2.33. The van der Waals surface area contributed by atoms with Gasteiger partial charge >= 0.3 is 0 Å². The summed E-state index contributed by atoms with van der Waals surface area (Å²) in [5, 5.41) is 4.09. The van der Waals surface area contributed by atoms with Crippen LogP contribution < -0.4 is 5.32 Å². The van der Waals surface area contributed by atoms with Gasteiger partial charge in [0.05, 0.1) is 0 Å². The molecule has 3 nitrogen and oxygen atoms in total. The van der Waals surface area contributed by atoms with Crippen LogP contribution >= 0.6 is 11.6 Å². The minimum Gasteiger partial charge on any atom is -0.338 e. The molecule has 0 bridgehead atoms. The largest absolute Gasteiger partial charge is 0.338 e. The maximum atomic E-state index is 12.5. The van der Waals surface area contributed by atoms with Gasteiger partial charge in [-0.05, 0) is 62.0 Å². The van der Waals surface area contributed by atoms with E-state index in [4.69, 9.17) is 11.6 Å². The summed E-state index contributed by atoms with van der Waals surface area (Å²) in [7, 11) is 0. The predicted molar refractivity (Wildman–Crippen MR) is 76.7 cm³/mol. The summed E-state index contributed by atoms with van der Waals surface area (Å²) in [5.41, 5.74) is 1.93. The molecule has 2 aliphatic rings. The molecule has 0 spiro atoms. The Morgan fingerprint density at radius 2 is 2.11 bits per heavy atom. The van der Waals surface area contributed by atoms with Crippen molar-refractivity contribution < 1.29 is 4.79 Å². The van der Waals surface area contributed by atoms with Crippen LogP contribution in [-0.2, 0) is 6.42 Å². The molecule has 0 unspecified atom stereocenters. The topological polar surface area (TPSA) is 32.3 Å². The monoisotopic (exact) mass is 278 g/mol. The first kappa shape index (κ1) is 12.9. The van der Waals surface area contributed by atoms with E-state index < -0.39 is 0 Å². The highest BCUT2D eigenvalue weighted by atomic mass is 35.5. The van der Waals surface area contributed by atoms with Crippen molar-refractivity contribution in [2.45, 2.75) is 19.3 Å². The maximum Gasteiger partial charge on any atom is 0.254 e. The van der Waals surface area contributed by atoms with E-state index in [2.05, 4.69) is 5.32 Å². The summed E-state index contributed by atoms with van der Waals surface area (Å²) in [6, 6.07) is 5.61. The number of piperidine rings is 1. The number of halogens is 1. The number of carbonyl (C=O) groups is 1. The number of hydrogen-bond acceptors (Lipinski definition) is 2. The van der Waals surface area contributed by atoms with E-state index in [9.17, 15) is 4.79 Å². The van der Waals surface area contributed by atoms with Crippen molar-refractivity contribution in [3.8, 4) is 0 Å². The van der Waals surface area contributed by atoms with E-state index in [0.29, 0.717) is 5.92 Å². The molecule has 19 heavy (non-hydrogen) atoms. The molecule has 2 aliphatic heterocycles. The first-order valence-corrected chi connectivity index (χ1v) is 7.40. The van der Waals surface area contributed by atoms with Gasteiger partial charge in [-0.1, -0.05) is 11.6 Å². The third kappa shape index (κ3) is 2.77. The molecule has 0 atom stereocenters. The van der Waals surface area contributed by atoms with Gasteiger partial charge in [-0.2, -0.15) is 0 Å². The highest BCUT2D eigenvalue weighted by Gasteiger charge is 2.26. The third-order valence-electron chi connectivity index (χ3n) is 4.17. The van der Waals surface area contributed by atoms with E-state index in [1.54, 1.807) is 0 Å². The van der Waals surface area contributed by atoms with Crippen LogP contribution in [0.1, 0.15) is 28.8 Å². The van der Waals surface area contributed by atoms with Gasteiger partial charge in [0.2, 0.25) is 0 Å². The molecule has 2 heterocycles. The Bertz CT molecular complexity index is 483. The number of nitrogens with zero attached hydrogens (tertiary/aromatic N) is 1. The molecular formula is C15H19ClN2O. The van der Waals surface area contributed by atoms with E-state index in [1.807, 2.05) is 23.1 Å². The third-order valence-corrected chi connectivity index (χ3v) is 4.41. The second kappa shape index (κ2) is 5.51.